The Hall–Kier alpha value is -0.980. The normalized spacial score (nSPS) is 21.3. The van der Waals surface area contributed by atoms with Gasteiger partial charge in [-0.2, -0.15) is 0 Å². The first-order valence-corrected chi connectivity index (χ1v) is 7.41. The van der Waals surface area contributed by atoms with Gasteiger partial charge in [-0.15, -0.1) is 0 Å². The van der Waals surface area contributed by atoms with Crippen molar-refractivity contribution in [3.63, 3.8) is 0 Å². The number of rotatable bonds is 4. The summed E-state index contributed by atoms with van der Waals surface area (Å²) >= 11 is 0. The van der Waals surface area contributed by atoms with E-state index in [0.29, 0.717) is 12.2 Å². The Morgan fingerprint density at radius 2 is 2.35 bits per heavy atom. The molecule has 94 valence electrons. The van der Waals surface area contributed by atoms with E-state index in [1.54, 1.807) is 24.4 Å². The van der Waals surface area contributed by atoms with Crippen molar-refractivity contribution in [2.75, 3.05) is 13.1 Å². The summed E-state index contributed by atoms with van der Waals surface area (Å²) in [6.45, 7) is 1.68. The molecule has 1 atom stereocenters. The second kappa shape index (κ2) is 5.57. The highest BCUT2D eigenvalue weighted by atomic mass is 32.2. The smallest absolute Gasteiger partial charge is 0.217 e. The zero-order valence-electron chi connectivity index (χ0n) is 9.59. The van der Waals surface area contributed by atoms with Crippen molar-refractivity contribution in [2.24, 2.45) is 0 Å². The number of nitrogens with one attached hydrogen (secondary N) is 2. The SMILES string of the molecule is O=S(=O)(Cc1ccccn1)N[C@@H]1CCCNC1. The lowest BCUT2D eigenvalue weighted by Crippen LogP contribution is -2.45. The Balaban J connectivity index is 1.94. The minimum atomic E-state index is -3.29. The number of hydrogen-bond donors (Lipinski definition) is 2. The quantitative estimate of drug-likeness (QED) is 0.809. The second-order valence-electron chi connectivity index (χ2n) is 4.24. The van der Waals surface area contributed by atoms with E-state index in [1.165, 1.54) is 0 Å². The van der Waals surface area contributed by atoms with E-state index < -0.39 is 10.0 Å². The summed E-state index contributed by atoms with van der Waals surface area (Å²) in [6.07, 6.45) is 3.51. The van der Waals surface area contributed by atoms with E-state index >= 15 is 0 Å². The van der Waals surface area contributed by atoms with Crippen LogP contribution in [0.5, 0.6) is 0 Å². The summed E-state index contributed by atoms with van der Waals surface area (Å²) in [6, 6.07) is 5.30. The maximum absolute atomic E-state index is 11.9. The van der Waals surface area contributed by atoms with Gasteiger partial charge in [0, 0.05) is 18.8 Å². The standard InChI is InChI=1S/C11H17N3O2S/c15-17(16,9-11-4-1-2-7-13-11)14-10-5-3-6-12-8-10/h1-2,4,7,10,12,14H,3,5-6,8-9H2/t10-/m1/s1. The largest absolute Gasteiger partial charge is 0.315 e. The summed E-state index contributed by atoms with van der Waals surface area (Å²) in [5, 5.41) is 3.18. The van der Waals surface area contributed by atoms with Crippen LogP contribution >= 0.6 is 0 Å². The maximum atomic E-state index is 11.9. The van der Waals surface area contributed by atoms with Gasteiger partial charge in [0.1, 0.15) is 5.75 Å². The van der Waals surface area contributed by atoms with Gasteiger partial charge in [0.25, 0.3) is 0 Å². The Labute approximate surface area is 102 Å². The summed E-state index contributed by atoms with van der Waals surface area (Å²) in [4.78, 5) is 4.02. The fourth-order valence-corrected chi connectivity index (χ4v) is 3.28. The number of sulfonamides is 1. The molecule has 0 unspecified atom stereocenters. The van der Waals surface area contributed by atoms with Crippen LogP contribution in [-0.2, 0) is 15.8 Å². The number of aromatic nitrogens is 1. The van der Waals surface area contributed by atoms with Crippen molar-refractivity contribution in [2.45, 2.75) is 24.6 Å². The van der Waals surface area contributed by atoms with Crippen molar-refractivity contribution >= 4 is 10.0 Å². The molecule has 1 aromatic heterocycles. The molecule has 0 aromatic carbocycles. The lowest BCUT2D eigenvalue weighted by Gasteiger charge is -2.23. The van der Waals surface area contributed by atoms with Gasteiger partial charge in [0.15, 0.2) is 0 Å². The maximum Gasteiger partial charge on any atom is 0.217 e. The molecule has 0 radical (unpaired) electrons. The number of pyridine rings is 1. The number of nitrogens with zero attached hydrogens (tertiary/aromatic N) is 1. The van der Waals surface area contributed by atoms with Crippen LogP contribution in [0.3, 0.4) is 0 Å². The summed E-state index contributed by atoms with van der Waals surface area (Å²) in [7, 11) is -3.29. The third-order valence-corrected chi connectivity index (χ3v) is 4.08. The van der Waals surface area contributed by atoms with Crippen molar-refractivity contribution in [3.8, 4) is 0 Å². The molecule has 5 nitrogen and oxygen atoms in total. The van der Waals surface area contributed by atoms with Crippen molar-refractivity contribution in [1.29, 1.82) is 0 Å². The van der Waals surface area contributed by atoms with Gasteiger partial charge < -0.3 is 5.32 Å². The van der Waals surface area contributed by atoms with Crippen molar-refractivity contribution < 1.29 is 8.42 Å². The topological polar surface area (TPSA) is 71.1 Å². The van der Waals surface area contributed by atoms with E-state index in [2.05, 4.69) is 15.0 Å². The molecule has 0 amide bonds. The Bertz CT molecular complexity index is 441. The van der Waals surface area contributed by atoms with Gasteiger partial charge in [-0.3, -0.25) is 4.98 Å². The zero-order chi connectivity index (χ0) is 12.1. The molecule has 6 heteroatoms. The van der Waals surface area contributed by atoms with Crippen LogP contribution in [-0.4, -0.2) is 32.5 Å². The Kier molecular flexibility index (Phi) is 4.09. The van der Waals surface area contributed by atoms with Crippen LogP contribution < -0.4 is 10.0 Å². The first-order chi connectivity index (χ1) is 8.16. The van der Waals surface area contributed by atoms with Crippen LogP contribution in [0, 0.1) is 0 Å². The van der Waals surface area contributed by atoms with Gasteiger partial charge in [-0.05, 0) is 31.5 Å². The van der Waals surface area contributed by atoms with Gasteiger partial charge in [-0.25, -0.2) is 13.1 Å². The van der Waals surface area contributed by atoms with Gasteiger partial charge in [-0.1, -0.05) is 6.07 Å². The molecule has 1 saturated heterocycles. The van der Waals surface area contributed by atoms with Crippen LogP contribution in [0.15, 0.2) is 24.4 Å². The summed E-state index contributed by atoms with van der Waals surface area (Å²) in [5.41, 5.74) is 0.573. The molecule has 1 aliphatic heterocycles. The average Bonchev–Trinajstić information content (AvgIpc) is 2.30. The lowest BCUT2D eigenvalue weighted by molar-refractivity contribution is 0.428. The van der Waals surface area contributed by atoms with Gasteiger partial charge >= 0.3 is 0 Å². The van der Waals surface area contributed by atoms with Crippen molar-refractivity contribution in [1.82, 2.24) is 15.0 Å². The highest BCUT2D eigenvalue weighted by Crippen LogP contribution is 2.06. The first-order valence-electron chi connectivity index (χ1n) is 5.76. The molecule has 2 rings (SSSR count). The molecule has 2 heterocycles. The van der Waals surface area contributed by atoms with Crippen LogP contribution in [0.25, 0.3) is 0 Å². The van der Waals surface area contributed by atoms with Crippen LogP contribution in [0.2, 0.25) is 0 Å². The molecule has 0 spiro atoms. The molecule has 1 aromatic rings. The predicted molar refractivity (Wildman–Crippen MR) is 65.9 cm³/mol. The number of piperidine rings is 1. The molecule has 0 saturated carbocycles. The van der Waals surface area contributed by atoms with Crippen LogP contribution in [0.1, 0.15) is 18.5 Å². The van der Waals surface area contributed by atoms with E-state index in [4.69, 9.17) is 0 Å². The predicted octanol–water partition coefficient (Wildman–Crippen LogP) is 0.253. The van der Waals surface area contributed by atoms with Gasteiger partial charge in [0.2, 0.25) is 10.0 Å². The highest BCUT2D eigenvalue weighted by molar-refractivity contribution is 7.88. The fourth-order valence-electron chi connectivity index (χ4n) is 1.93. The average molecular weight is 255 g/mol. The molecule has 1 aliphatic rings. The molecule has 2 N–H and O–H groups in total. The number of hydrogen-bond acceptors (Lipinski definition) is 4. The van der Waals surface area contributed by atoms with E-state index in [-0.39, 0.29) is 11.8 Å². The third-order valence-electron chi connectivity index (χ3n) is 2.71. The first kappa shape index (κ1) is 12.5. The summed E-state index contributed by atoms with van der Waals surface area (Å²) in [5.74, 6) is -0.0513. The fraction of sp³-hybridized carbons (Fsp3) is 0.545. The minimum Gasteiger partial charge on any atom is -0.315 e. The molecule has 17 heavy (non-hydrogen) atoms. The van der Waals surface area contributed by atoms with Crippen LogP contribution in [0.4, 0.5) is 0 Å². The Morgan fingerprint density at radius 1 is 1.47 bits per heavy atom. The second-order valence-corrected chi connectivity index (χ2v) is 6.00. The van der Waals surface area contributed by atoms with E-state index in [0.717, 1.165) is 19.4 Å². The molecular formula is C11H17N3O2S. The molecule has 0 bridgehead atoms. The van der Waals surface area contributed by atoms with Gasteiger partial charge in [0.05, 0.1) is 5.69 Å². The Morgan fingerprint density at radius 3 is 3.00 bits per heavy atom. The highest BCUT2D eigenvalue weighted by Gasteiger charge is 2.20. The minimum absolute atomic E-state index is 0.0115. The van der Waals surface area contributed by atoms with E-state index in [9.17, 15) is 8.42 Å². The molecule has 0 aliphatic carbocycles. The summed E-state index contributed by atoms with van der Waals surface area (Å²) < 4.78 is 26.5. The van der Waals surface area contributed by atoms with Crippen molar-refractivity contribution in [3.05, 3.63) is 30.1 Å². The molecular weight excluding hydrogens is 238 g/mol. The van der Waals surface area contributed by atoms with E-state index in [1.807, 2.05) is 0 Å². The zero-order valence-corrected chi connectivity index (χ0v) is 10.4. The lowest BCUT2D eigenvalue weighted by atomic mass is 10.1. The monoisotopic (exact) mass is 255 g/mol. The third kappa shape index (κ3) is 4.07. The molecule has 1 fully saturated rings.